The maximum absolute atomic E-state index is 10.9. The first kappa shape index (κ1) is 10.2. The molecule has 0 fully saturated rings. The highest BCUT2D eigenvalue weighted by Gasteiger charge is 2.13. The summed E-state index contributed by atoms with van der Waals surface area (Å²) < 4.78 is 4.84. The van der Waals surface area contributed by atoms with E-state index >= 15 is 0 Å². The standard InChI is InChI=1S/C9H9ClN2O3/c10-5-2-6-8(15-9(14)12-6)1-4(5)7(13)3-11/h1-2,7,13H,3,11H2,(H,12,14). The molecular weight excluding hydrogens is 220 g/mol. The first-order valence-electron chi connectivity index (χ1n) is 4.32. The Hall–Kier alpha value is -1.30. The van der Waals surface area contributed by atoms with Crippen molar-refractivity contribution < 1.29 is 9.52 Å². The molecule has 1 atom stereocenters. The number of hydrogen-bond acceptors (Lipinski definition) is 4. The van der Waals surface area contributed by atoms with Crippen molar-refractivity contribution in [3.63, 3.8) is 0 Å². The lowest BCUT2D eigenvalue weighted by Gasteiger charge is -2.09. The molecule has 5 nitrogen and oxygen atoms in total. The zero-order chi connectivity index (χ0) is 11.0. The van der Waals surface area contributed by atoms with Crippen molar-refractivity contribution in [3.8, 4) is 0 Å². The summed E-state index contributed by atoms with van der Waals surface area (Å²) in [5, 5.41) is 9.88. The van der Waals surface area contributed by atoms with Crippen LogP contribution in [-0.4, -0.2) is 16.6 Å². The normalized spacial score (nSPS) is 13.3. The Bertz CT molecular complexity index is 546. The van der Waals surface area contributed by atoms with Crippen LogP contribution >= 0.6 is 11.6 Å². The Balaban J connectivity index is 2.66. The molecule has 15 heavy (non-hydrogen) atoms. The fourth-order valence-electron chi connectivity index (χ4n) is 1.37. The van der Waals surface area contributed by atoms with Gasteiger partial charge in [-0.3, -0.25) is 4.98 Å². The predicted octanol–water partition coefficient (Wildman–Crippen LogP) is 0.767. The quantitative estimate of drug-likeness (QED) is 0.708. The Morgan fingerprint density at radius 2 is 2.33 bits per heavy atom. The van der Waals surface area contributed by atoms with E-state index in [1.165, 1.54) is 12.1 Å². The van der Waals surface area contributed by atoms with E-state index in [9.17, 15) is 9.90 Å². The SMILES string of the molecule is NCC(O)c1cc2oc(=O)[nH]c2cc1Cl. The number of nitrogens with one attached hydrogen (secondary N) is 1. The molecule has 6 heteroatoms. The summed E-state index contributed by atoms with van der Waals surface area (Å²) in [4.78, 5) is 13.4. The molecule has 0 aliphatic heterocycles. The van der Waals surface area contributed by atoms with E-state index in [-0.39, 0.29) is 6.54 Å². The van der Waals surface area contributed by atoms with E-state index in [4.69, 9.17) is 21.8 Å². The first-order chi connectivity index (χ1) is 7.11. The van der Waals surface area contributed by atoms with Gasteiger partial charge in [0, 0.05) is 17.1 Å². The molecule has 4 N–H and O–H groups in total. The average Bonchev–Trinajstić information content (AvgIpc) is 2.55. The number of aliphatic hydroxyl groups is 1. The van der Waals surface area contributed by atoms with Gasteiger partial charge < -0.3 is 15.3 Å². The maximum atomic E-state index is 10.9. The molecule has 0 radical (unpaired) electrons. The van der Waals surface area contributed by atoms with Gasteiger partial charge >= 0.3 is 5.76 Å². The lowest BCUT2D eigenvalue weighted by Crippen LogP contribution is -2.11. The van der Waals surface area contributed by atoms with Crippen LogP contribution in [0.25, 0.3) is 11.1 Å². The molecule has 1 aromatic carbocycles. The number of H-pyrrole nitrogens is 1. The molecule has 2 rings (SSSR count). The highest BCUT2D eigenvalue weighted by atomic mass is 35.5. The van der Waals surface area contributed by atoms with Gasteiger partial charge in [-0.15, -0.1) is 0 Å². The second kappa shape index (κ2) is 3.69. The second-order valence-electron chi connectivity index (χ2n) is 3.14. The Labute approximate surface area is 89.5 Å². The van der Waals surface area contributed by atoms with E-state index in [1.54, 1.807) is 0 Å². The lowest BCUT2D eigenvalue weighted by atomic mass is 10.1. The number of aliphatic hydroxyl groups excluding tert-OH is 1. The summed E-state index contributed by atoms with van der Waals surface area (Å²) in [7, 11) is 0. The molecule has 2 aromatic rings. The average molecular weight is 229 g/mol. The fourth-order valence-corrected chi connectivity index (χ4v) is 1.66. The Morgan fingerprint density at radius 3 is 3.00 bits per heavy atom. The highest BCUT2D eigenvalue weighted by Crippen LogP contribution is 2.26. The van der Waals surface area contributed by atoms with Crippen molar-refractivity contribution in [3.05, 3.63) is 33.3 Å². The molecule has 0 aliphatic carbocycles. The first-order valence-corrected chi connectivity index (χ1v) is 4.70. The molecule has 1 unspecified atom stereocenters. The summed E-state index contributed by atoms with van der Waals surface area (Å²) in [6.45, 7) is 0.0554. The third kappa shape index (κ3) is 1.77. The van der Waals surface area contributed by atoms with E-state index < -0.39 is 11.9 Å². The predicted molar refractivity (Wildman–Crippen MR) is 55.9 cm³/mol. The van der Waals surface area contributed by atoms with E-state index in [1.807, 2.05) is 0 Å². The van der Waals surface area contributed by atoms with E-state index in [0.717, 1.165) is 0 Å². The van der Waals surface area contributed by atoms with Crippen molar-refractivity contribution in [2.75, 3.05) is 6.54 Å². The minimum Gasteiger partial charge on any atom is -0.408 e. The minimum atomic E-state index is -0.859. The molecule has 0 aliphatic rings. The van der Waals surface area contributed by atoms with Crippen LogP contribution in [0.3, 0.4) is 0 Å². The lowest BCUT2D eigenvalue weighted by molar-refractivity contribution is 0.187. The number of nitrogens with two attached hydrogens (primary N) is 1. The van der Waals surface area contributed by atoms with Gasteiger partial charge in [-0.2, -0.15) is 0 Å². The van der Waals surface area contributed by atoms with Crippen LogP contribution < -0.4 is 11.5 Å². The van der Waals surface area contributed by atoms with E-state index in [0.29, 0.717) is 21.7 Å². The van der Waals surface area contributed by atoms with Gasteiger partial charge in [-0.05, 0) is 12.1 Å². The van der Waals surface area contributed by atoms with E-state index in [2.05, 4.69) is 4.98 Å². The van der Waals surface area contributed by atoms with Gasteiger partial charge in [-0.1, -0.05) is 11.6 Å². The summed E-state index contributed by atoms with van der Waals surface area (Å²) in [5.74, 6) is -0.555. The highest BCUT2D eigenvalue weighted by molar-refractivity contribution is 6.32. The zero-order valence-corrected chi connectivity index (χ0v) is 8.41. The number of hydrogen-bond donors (Lipinski definition) is 3. The number of fused-ring (bicyclic) bond motifs is 1. The summed E-state index contributed by atoms with van der Waals surface area (Å²) >= 11 is 5.91. The molecule has 1 aromatic heterocycles. The van der Waals surface area contributed by atoms with Gasteiger partial charge in [-0.25, -0.2) is 4.79 Å². The minimum absolute atomic E-state index is 0.0554. The number of benzene rings is 1. The number of halogens is 1. The third-order valence-electron chi connectivity index (χ3n) is 2.12. The molecule has 0 bridgehead atoms. The Morgan fingerprint density at radius 1 is 1.60 bits per heavy atom. The van der Waals surface area contributed by atoms with Crippen LogP contribution in [0.1, 0.15) is 11.7 Å². The third-order valence-corrected chi connectivity index (χ3v) is 2.45. The largest absolute Gasteiger partial charge is 0.417 e. The van der Waals surface area contributed by atoms with Crippen molar-refractivity contribution >= 4 is 22.7 Å². The van der Waals surface area contributed by atoms with Crippen LogP contribution in [0.5, 0.6) is 0 Å². The number of aromatic nitrogens is 1. The van der Waals surface area contributed by atoms with Crippen molar-refractivity contribution in [1.82, 2.24) is 4.98 Å². The topological polar surface area (TPSA) is 92.2 Å². The summed E-state index contributed by atoms with van der Waals surface area (Å²) in [5.41, 5.74) is 6.62. The maximum Gasteiger partial charge on any atom is 0.417 e. The number of aromatic amines is 1. The van der Waals surface area contributed by atoms with Crippen LogP contribution in [0.2, 0.25) is 5.02 Å². The zero-order valence-electron chi connectivity index (χ0n) is 7.66. The van der Waals surface area contributed by atoms with Crippen molar-refractivity contribution in [1.29, 1.82) is 0 Å². The van der Waals surface area contributed by atoms with Crippen LogP contribution in [0.4, 0.5) is 0 Å². The summed E-state index contributed by atoms with van der Waals surface area (Å²) in [6.07, 6.45) is -0.859. The smallest absolute Gasteiger partial charge is 0.408 e. The molecule has 80 valence electrons. The molecule has 0 spiro atoms. The molecule has 1 heterocycles. The molecular formula is C9H9ClN2O3. The van der Waals surface area contributed by atoms with Crippen LogP contribution in [0.15, 0.2) is 21.3 Å². The van der Waals surface area contributed by atoms with Gasteiger partial charge in [0.2, 0.25) is 0 Å². The van der Waals surface area contributed by atoms with Gasteiger partial charge in [0.25, 0.3) is 0 Å². The van der Waals surface area contributed by atoms with Crippen LogP contribution in [0, 0.1) is 0 Å². The van der Waals surface area contributed by atoms with Gasteiger partial charge in [0.1, 0.15) is 0 Å². The van der Waals surface area contributed by atoms with Crippen molar-refractivity contribution in [2.24, 2.45) is 5.73 Å². The second-order valence-corrected chi connectivity index (χ2v) is 3.54. The number of oxazole rings is 1. The van der Waals surface area contributed by atoms with Gasteiger partial charge in [0.15, 0.2) is 5.58 Å². The van der Waals surface area contributed by atoms with Crippen molar-refractivity contribution in [2.45, 2.75) is 6.10 Å². The van der Waals surface area contributed by atoms with Gasteiger partial charge in [0.05, 0.1) is 11.6 Å². The molecule has 0 saturated heterocycles. The monoisotopic (exact) mass is 228 g/mol. The molecule has 0 saturated carbocycles. The summed E-state index contributed by atoms with van der Waals surface area (Å²) in [6, 6.07) is 3.03. The Kier molecular flexibility index (Phi) is 2.52. The molecule has 0 amide bonds. The van der Waals surface area contributed by atoms with Crippen LogP contribution in [-0.2, 0) is 0 Å². The number of rotatable bonds is 2. The fraction of sp³-hybridized carbons (Fsp3) is 0.222.